The summed E-state index contributed by atoms with van der Waals surface area (Å²) in [5, 5.41) is 5.20. The molecule has 1 atom stereocenters. The van der Waals surface area contributed by atoms with E-state index in [1.54, 1.807) is 0 Å². The van der Waals surface area contributed by atoms with Crippen molar-refractivity contribution in [2.45, 2.75) is 32.9 Å². The summed E-state index contributed by atoms with van der Waals surface area (Å²) < 4.78 is 11.6. The van der Waals surface area contributed by atoms with Crippen molar-refractivity contribution in [3.63, 3.8) is 0 Å². The zero-order valence-corrected chi connectivity index (χ0v) is 15.8. The molecule has 0 aliphatic rings. The van der Waals surface area contributed by atoms with Crippen molar-refractivity contribution < 1.29 is 14.3 Å². The first-order valence-electron chi connectivity index (χ1n) is 9.35. The Labute approximate surface area is 160 Å². The normalized spacial score (nSPS) is 11.8. The number of benzene rings is 3. The van der Waals surface area contributed by atoms with Gasteiger partial charge < -0.3 is 14.8 Å². The van der Waals surface area contributed by atoms with Crippen molar-refractivity contribution in [3.8, 4) is 11.5 Å². The molecular weight excluding hydrogens is 338 g/mol. The third-order valence-corrected chi connectivity index (χ3v) is 4.39. The van der Waals surface area contributed by atoms with Crippen LogP contribution >= 0.6 is 0 Å². The third kappa shape index (κ3) is 4.79. The zero-order valence-electron chi connectivity index (χ0n) is 15.8. The maximum atomic E-state index is 12.6. The number of ether oxygens (including phenoxy) is 2. The van der Waals surface area contributed by atoms with E-state index in [-0.39, 0.29) is 5.91 Å². The molecule has 0 heterocycles. The summed E-state index contributed by atoms with van der Waals surface area (Å²) in [5.74, 6) is 1.37. The summed E-state index contributed by atoms with van der Waals surface area (Å²) in [6.07, 6.45) is 0.0524. The molecule has 0 saturated heterocycles. The van der Waals surface area contributed by atoms with Gasteiger partial charge in [0.15, 0.2) is 6.10 Å². The van der Waals surface area contributed by atoms with E-state index in [9.17, 15) is 4.79 Å². The molecule has 0 aliphatic carbocycles. The maximum absolute atomic E-state index is 12.6. The Morgan fingerprint density at radius 3 is 2.48 bits per heavy atom. The molecule has 3 aromatic carbocycles. The van der Waals surface area contributed by atoms with Crippen LogP contribution in [0.3, 0.4) is 0 Å². The average Bonchev–Trinajstić information content (AvgIpc) is 2.71. The monoisotopic (exact) mass is 363 g/mol. The Bertz CT molecular complexity index is 907. The van der Waals surface area contributed by atoms with Gasteiger partial charge in [-0.2, -0.15) is 0 Å². The summed E-state index contributed by atoms with van der Waals surface area (Å²) in [6.45, 7) is 4.89. The van der Waals surface area contributed by atoms with Crippen LogP contribution in [0.2, 0.25) is 0 Å². The molecule has 0 radical (unpaired) electrons. The number of rotatable bonds is 8. The second-order valence-corrected chi connectivity index (χ2v) is 6.28. The number of carbonyl (C=O) groups is 1. The molecule has 27 heavy (non-hydrogen) atoms. The van der Waals surface area contributed by atoms with Crippen LogP contribution in [0.4, 0.5) is 0 Å². The molecule has 0 bridgehead atoms. The van der Waals surface area contributed by atoms with Crippen LogP contribution in [0.15, 0.2) is 66.7 Å². The summed E-state index contributed by atoms with van der Waals surface area (Å²) >= 11 is 0. The quantitative estimate of drug-likeness (QED) is 0.630. The Morgan fingerprint density at radius 2 is 1.70 bits per heavy atom. The van der Waals surface area contributed by atoms with Crippen LogP contribution in [0.25, 0.3) is 10.8 Å². The molecule has 3 aromatic rings. The van der Waals surface area contributed by atoms with Crippen molar-refractivity contribution >= 4 is 16.7 Å². The Morgan fingerprint density at radius 1 is 0.963 bits per heavy atom. The van der Waals surface area contributed by atoms with Crippen molar-refractivity contribution in [1.29, 1.82) is 0 Å². The van der Waals surface area contributed by atoms with Gasteiger partial charge in [-0.05, 0) is 42.3 Å². The third-order valence-electron chi connectivity index (χ3n) is 4.39. The lowest BCUT2D eigenvalue weighted by Gasteiger charge is -2.18. The minimum atomic E-state index is -0.537. The number of hydrogen-bond acceptors (Lipinski definition) is 3. The van der Waals surface area contributed by atoms with Gasteiger partial charge in [0.25, 0.3) is 5.91 Å². The maximum Gasteiger partial charge on any atom is 0.261 e. The molecule has 4 heteroatoms. The summed E-state index contributed by atoms with van der Waals surface area (Å²) in [7, 11) is 0. The van der Waals surface area contributed by atoms with Crippen molar-refractivity contribution in [2.75, 3.05) is 6.61 Å². The number of amides is 1. The predicted octanol–water partition coefficient (Wildman–Crippen LogP) is 4.71. The molecule has 0 aliphatic heterocycles. The van der Waals surface area contributed by atoms with Crippen LogP contribution in [0, 0.1) is 0 Å². The molecule has 1 N–H and O–H groups in total. The van der Waals surface area contributed by atoms with E-state index in [1.165, 1.54) is 0 Å². The van der Waals surface area contributed by atoms with Crippen molar-refractivity contribution in [1.82, 2.24) is 5.32 Å². The lowest BCUT2D eigenvalue weighted by atomic mass is 10.1. The minimum Gasteiger partial charge on any atom is -0.494 e. The fourth-order valence-corrected chi connectivity index (χ4v) is 2.97. The van der Waals surface area contributed by atoms with E-state index in [0.717, 1.165) is 22.1 Å². The van der Waals surface area contributed by atoms with E-state index in [4.69, 9.17) is 9.47 Å². The van der Waals surface area contributed by atoms with E-state index in [0.29, 0.717) is 25.3 Å². The van der Waals surface area contributed by atoms with E-state index in [1.807, 2.05) is 74.5 Å². The molecule has 0 saturated carbocycles. The lowest BCUT2D eigenvalue weighted by Crippen LogP contribution is -2.37. The second-order valence-electron chi connectivity index (χ2n) is 6.28. The molecule has 0 aromatic heterocycles. The Hall–Kier alpha value is -3.01. The lowest BCUT2D eigenvalue weighted by molar-refractivity contribution is -0.128. The number of nitrogens with one attached hydrogen (secondary N) is 1. The molecule has 3 rings (SSSR count). The van der Waals surface area contributed by atoms with Crippen LogP contribution in [0.5, 0.6) is 11.5 Å². The highest BCUT2D eigenvalue weighted by molar-refractivity contribution is 5.84. The summed E-state index contributed by atoms with van der Waals surface area (Å²) in [5.41, 5.74) is 0.952. The second kappa shape index (κ2) is 9.08. The Kier molecular flexibility index (Phi) is 6.31. The molecule has 4 nitrogen and oxygen atoms in total. The number of hydrogen-bond donors (Lipinski definition) is 1. The first-order chi connectivity index (χ1) is 13.2. The largest absolute Gasteiger partial charge is 0.494 e. The highest BCUT2D eigenvalue weighted by atomic mass is 16.5. The molecule has 0 fully saturated rings. The van der Waals surface area contributed by atoms with Gasteiger partial charge in [-0.25, -0.2) is 0 Å². The minimum absolute atomic E-state index is 0.128. The highest BCUT2D eigenvalue weighted by Gasteiger charge is 2.18. The van der Waals surface area contributed by atoms with Gasteiger partial charge in [0.2, 0.25) is 0 Å². The summed E-state index contributed by atoms with van der Waals surface area (Å²) in [6, 6.07) is 21.7. The van der Waals surface area contributed by atoms with Gasteiger partial charge in [-0.15, -0.1) is 0 Å². The van der Waals surface area contributed by atoms with Gasteiger partial charge in [0, 0.05) is 12.1 Å². The smallest absolute Gasteiger partial charge is 0.261 e. The predicted molar refractivity (Wildman–Crippen MR) is 108 cm³/mol. The average molecular weight is 363 g/mol. The first-order valence-corrected chi connectivity index (χ1v) is 9.35. The highest BCUT2D eigenvalue weighted by Crippen LogP contribution is 2.22. The number of fused-ring (bicyclic) bond motifs is 1. The molecule has 0 unspecified atom stereocenters. The topological polar surface area (TPSA) is 47.6 Å². The fourth-order valence-electron chi connectivity index (χ4n) is 2.97. The van der Waals surface area contributed by atoms with E-state index in [2.05, 4.69) is 11.4 Å². The Balaban J connectivity index is 1.65. The van der Waals surface area contributed by atoms with Gasteiger partial charge >= 0.3 is 0 Å². The molecular formula is C23H25NO3. The molecule has 140 valence electrons. The zero-order chi connectivity index (χ0) is 19.1. The van der Waals surface area contributed by atoms with E-state index >= 15 is 0 Å². The van der Waals surface area contributed by atoms with Gasteiger partial charge in [-0.3, -0.25) is 4.79 Å². The fraction of sp³-hybridized carbons (Fsp3) is 0.261. The van der Waals surface area contributed by atoms with Gasteiger partial charge in [0.05, 0.1) is 6.61 Å². The van der Waals surface area contributed by atoms with Crippen molar-refractivity contribution in [3.05, 3.63) is 72.3 Å². The van der Waals surface area contributed by atoms with Crippen LogP contribution in [-0.2, 0) is 11.3 Å². The molecule has 1 amide bonds. The van der Waals surface area contributed by atoms with Crippen LogP contribution < -0.4 is 14.8 Å². The van der Waals surface area contributed by atoms with Crippen LogP contribution in [-0.4, -0.2) is 18.6 Å². The molecule has 0 spiro atoms. The summed E-state index contributed by atoms with van der Waals surface area (Å²) in [4.78, 5) is 12.6. The SMILES string of the molecule is CCOc1ccccc1CNC(=O)[C@H](CC)Oc1ccc2ccccc2c1. The first kappa shape index (κ1) is 18.8. The van der Waals surface area contributed by atoms with Gasteiger partial charge in [-0.1, -0.05) is 55.5 Å². The van der Waals surface area contributed by atoms with Crippen LogP contribution in [0.1, 0.15) is 25.8 Å². The standard InChI is InChI=1S/C23H25NO3/c1-3-21(27-20-14-13-17-9-5-6-10-18(17)15-20)23(25)24-16-19-11-7-8-12-22(19)26-4-2/h5-15,21H,3-4,16H2,1-2H3,(H,24,25)/t21-/m0/s1. The van der Waals surface area contributed by atoms with Crippen molar-refractivity contribution in [2.24, 2.45) is 0 Å². The number of carbonyl (C=O) groups excluding carboxylic acids is 1. The number of para-hydroxylation sites is 1. The van der Waals surface area contributed by atoms with Gasteiger partial charge in [0.1, 0.15) is 11.5 Å². The van der Waals surface area contributed by atoms with E-state index < -0.39 is 6.10 Å².